The predicted octanol–water partition coefficient (Wildman–Crippen LogP) is 1.41. The van der Waals surface area contributed by atoms with Crippen molar-refractivity contribution in [1.29, 1.82) is 0 Å². The quantitative estimate of drug-likeness (QED) is 0.823. The molecule has 1 unspecified atom stereocenters. The number of nitrogens with one attached hydrogen (secondary N) is 1. The van der Waals surface area contributed by atoms with E-state index in [0.717, 1.165) is 31.7 Å². The molecule has 4 nitrogen and oxygen atoms in total. The Morgan fingerprint density at radius 2 is 2.44 bits per heavy atom. The first-order chi connectivity index (χ1) is 7.68. The van der Waals surface area contributed by atoms with Gasteiger partial charge < -0.3 is 14.6 Å². The van der Waals surface area contributed by atoms with Gasteiger partial charge >= 0.3 is 0 Å². The first-order valence-electron chi connectivity index (χ1n) is 5.71. The first kappa shape index (κ1) is 11.2. The number of carbonyl (C=O) groups excluding carboxylic acids is 1. The highest BCUT2D eigenvalue weighted by Crippen LogP contribution is 2.14. The molecule has 16 heavy (non-hydrogen) atoms. The maximum Gasteiger partial charge on any atom is 0.257 e. The van der Waals surface area contributed by atoms with Crippen LogP contribution in [0.1, 0.15) is 29.0 Å². The molecule has 2 rings (SSSR count). The number of hydrogen-bond acceptors (Lipinski definition) is 3. The van der Waals surface area contributed by atoms with E-state index >= 15 is 0 Å². The summed E-state index contributed by atoms with van der Waals surface area (Å²) < 4.78 is 5.16. The molecule has 0 bridgehead atoms. The molecule has 88 valence electrons. The molecule has 1 amide bonds. The second-order valence-corrected chi connectivity index (χ2v) is 4.36. The number of rotatable bonds is 2. The highest BCUT2D eigenvalue weighted by Gasteiger charge is 2.23. The second kappa shape index (κ2) is 4.70. The number of carbonyl (C=O) groups is 1. The number of piperidine rings is 1. The van der Waals surface area contributed by atoms with Crippen LogP contribution >= 0.6 is 0 Å². The van der Waals surface area contributed by atoms with Crippen LogP contribution in [0.15, 0.2) is 16.7 Å². The zero-order chi connectivity index (χ0) is 11.5. The Balaban J connectivity index is 2.03. The number of aryl methyl sites for hydroxylation is 1. The molecule has 1 aliphatic rings. The first-order valence-corrected chi connectivity index (χ1v) is 5.71. The van der Waals surface area contributed by atoms with Crippen LogP contribution in [0.3, 0.4) is 0 Å². The van der Waals surface area contributed by atoms with Crippen LogP contribution in [0.5, 0.6) is 0 Å². The zero-order valence-electron chi connectivity index (χ0n) is 9.82. The summed E-state index contributed by atoms with van der Waals surface area (Å²) >= 11 is 0. The van der Waals surface area contributed by atoms with E-state index in [1.807, 2.05) is 18.9 Å². The fourth-order valence-electron chi connectivity index (χ4n) is 2.09. The van der Waals surface area contributed by atoms with Gasteiger partial charge in [0.25, 0.3) is 5.91 Å². The molecule has 2 heterocycles. The molecular formula is C12H18N2O2. The van der Waals surface area contributed by atoms with Crippen molar-refractivity contribution in [1.82, 2.24) is 10.2 Å². The molecule has 1 fully saturated rings. The van der Waals surface area contributed by atoms with Gasteiger partial charge in [-0.05, 0) is 32.4 Å². The molecule has 0 saturated carbocycles. The van der Waals surface area contributed by atoms with E-state index in [4.69, 9.17) is 4.42 Å². The van der Waals surface area contributed by atoms with E-state index in [-0.39, 0.29) is 5.91 Å². The van der Waals surface area contributed by atoms with Crippen LogP contribution in [0.2, 0.25) is 0 Å². The van der Waals surface area contributed by atoms with Crippen molar-refractivity contribution in [2.24, 2.45) is 0 Å². The van der Waals surface area contributed by atoms with Crippen molar-refractivity contribution < 1.29 is 9.21 Å². The Hall–Kier alpha value is -1.29. The normalized spacial score (nSPS) is 20.8. The van der Waals surface area contributed by atoms with E-state index in [9.17, 15) is 4.79 Å². The minimum absolute atomic E-state index is 0.0468. The number of likely N-dealkylation sites (N-methyl/N-ethyl adjacent to an activating group) is 1. The van der Waals surface area contributed by atoms with Gasteiger partial charge in [-0.15, -0.1) is 0 Å². The predicted molar refractivity (Wildman–Crippen MR) is 61.4 cm³/mol. The number of nitrogens with zero attached hydrogens (tertiary/aromatic N) is 1. The summed E-state index contributed by atoms with van der Waals surface area (Å²) in [7, 11) is 1.86. The van der Waals surface area contributed by atoms with Gasteiger partial charge in [0.1, 0.15) is 12.0 Å². The molecule has 1 aliphatic heterocycles. The Kier molecular flexibility index (Phi) is 3.29. The van der Waals surface area contributed by atoms with Gasteiger partial charge in [-0.25, -0.2) is 0 Å². The molecule has 1 saturated heterocycles. The van der Waals surface area contributed by atoms with E-state index < -0.39 is 0 Å². The van der Waals surface area contributed by atoms with Gasteiger partial charge in [0.2, 0.25) is 0 Å². The van der Waals surface area contributed by atoms with E-state index in [1.54, 1.807) is 6.07 Å². The summed E-state index contributed by atoms with van der Waals surface area (Å²) in [5, 5.41) is 3.31. The van der Waals surface area contributed by atoms with Crippen molar-refractivity contribution in [3.05, 3.63) is 23.7 Å². The Bertz CT molecular complexity index is 367. The molecule has 0 aliphatic carbocycles. The fourth-order valence-corrected chi connectivity index (χ4v) is 2.09. The van der Waals surface area contributed by atoms with Crippen molar-refractivity contribution >= 4 is 5.91 Å². The Morgan fingerprint density at radius 3 is 3.00 bits per heavy atom. The van der Waals surface area contributed by atoms with Gasteiger partial charge in [-0.3, -0.25) is 4.79 Å². The highest BCUT2D eigenvalue weighted by atomic mass is 16.3. The van der Waals surface area contributed by atoms with Crippen LogP contribution in [0.4, 0.5) is 0 Å². The minimum atomic E-state index is 0.0468. The smallest absolute Gasteiger partial charge is 0.257 e. The lowest BCUT2D eigenvalue weighted by molar-refractivity contribution is 0.0707. The van der Waals surface area contributed by atoms with Crippen LogP contribution in [0.25, 0.3) is 0 Å². The molecule has 1 aromatic rings. The molecule has 0 radical (unpaired) electrons. The summed E-state index contributed by atoms with van der Waals surface area (Å²) in [5.41, 5.74) is 0.644. The van der Waals surface area contributed by atoms with Gasteiger partial charge in [-0.2, -0.15) is 0 Å². The summed E-state index contributed by atoms with van der Waals surface area (Å²) in [5.74, 6) is 0.823. The molecule has 0 aromatic carbocycles. The number of hydrogen-bond donors (Lipinski definition) is 1. The van der Waals surface area contributed by atoms with Gasteiger partial charge in [-0.1, -0.05) is 0 Å². The molecule has 0 spiro atoms. The minimum Gasteiger partial charge on any atom is -0.469 e. The zero-order valence-corrected chi connectivity index (χ0v) is 9.82. The largest absolute Gasteiger partial charge is 0.469 e. The van der Waals surface area contributed by atoms with E-state index in [0.29, 0.717) is 11.6 Å². The van der Waals surface area contributed by atoms with Crippen LogP contribution in [-0.4, -0.2) is 37.0 Å². The lowest BCUT2D eigenvalue weighted by Gasteiger charge is -2.31. The highest BCUT2D eigenvalue weighted by molar-refractivity contribution is 5.94. The van der Waals surface area contributed by atoms with Crippen LogP contribution < -0.4 is 5.32 Å². The van der Waals surface area contributed by atoms with Crippen molar-refractivity contribution in [3.8, 4) is 0 Å². The summed E-state index contributed by atoms with van der Waals surface area (Å²) in [6, 6.07) is 2.09. The lowest BCUT2D eigenvalue weighted by atomic mass is 10.1. The van der Waals surface area contributed by atoms with Crippen LogP contribution in [-0.2, 0) is 0 Å². The third-order valence-corrected chi connectivity index (χ3v) is 3.12. The standard InChI is InChI=1S/C12H18N2O2/c1-9-6-10(8-16-9)12(15)14(2)11-4-3-5-13-7-11/h6,8,11,13H,3-5,7H2,1-2H3. The third-order valence-electron chi connectivity index (χ3n) is 3.12. The average molecular weight is 222 g/mol. The molecule has 1 atom stereocenters. The van der Waals surface area contributed by atoms with E-state index in [2.05, 4.69) is 5.32 Å². The summed E-state index contributed by atoms with van der Waals surface area (Å²) in [6.07, 6.45) is 3.74. The third kappa shape index (κ3) is 2.27. The Morgan fingerprint density at radius 1 is 1.62 bits per heavy atom. The Labute approximate surface area is 95.6 Å². The summed E-state index contributed by atoms with van der Waals surface area (Å²) in [6.45, 7) is 3.79. The topological polar surface area (TPSA) is 45.5 Å². The molecular weight excluding hydrogens is 204 g/mol. The monoisotopic (exact) mass is 222 g/mol. The van der Waals surface area contributed by atoms with E-state index in [1.165, 1.54) is 6.26 Å². The molecule has 1 N–H and O–H groups in total. The molecule has 1 aromatic heterocycles. The fraction of sp³-hybridized carbons (Fsp3) is 0.583. The number of furan rings is 1. The van der Waals surface area contributed by atoms with Crippen LogP contribution in [0, 0.1) is 6.92 Å². The average Bonchev–Trinajstić information content (AvgIpc) is 2.75. The SMILES string of the molecule is Cc1cc(C(=O)N(C)C2CCCNC2)co1. The summed E-state index contributed by atoms with van der Waals surface area (Å²) in [4.78, 5) is 13.9. The van der Waals surface area contributed by atoms with Gasteiger partial charge in [0.05, 0.1) is 5.56 Å². The van der Waals surface area contributed by atoms with Gasteiger partial charge in [0.15, 0.2) is 0 Å². The lowest BCUT2D eigenvalue weighted by Crippen LogP contribution is -2.46. The molecule has 4 heteroatoms. The van der Waals surface area contributed by atoms with Gasteiger partial charge in [0, 0.05) is 19.6 Å². The van der Waals surface area contributed by atoms with Crippen molar-refractivity contribution in [2.45, 2.75) is 25.8 Å². The maximum atomic E-state index is 12.1. The van der Waals surface area contributed by atoms with Crippen molar-refractivity contribution in [3.63, 3.8) is 0 Å². The second-order valence-electron chi connectivity index (χ2n) is 4.36. The van der Waals surface area contributed by atoms with Crippen molar-refractivity contribution in [2.75, 3.05) is 20.1 Å². The number of amides is 1. The maximum absolute atomic E-state index is 12.1.